The van der Waals surface area contributed by atoms with Crippen LogP contribution in [0.25, 0.3) is 6.08 Å². The molecule has 2 aromatic carbocycles. The molecule has 3 N–H and O–H groups in total. The minimum Gasteiger partial charge on any atom is -0.496 e. The van der Waals surface area contributed by atoms with Gasteiger partial charge in [0.2, 0.25) is 17.7 Å². The number of hydrogen-bond donors (Lipinski definition) is 3. The molecular formula is C29H38N4O4. The monoisotopic (exact) mass is 506 g/mol. The molecule has 4 unspecified atom stereocenters. The Labute approximate surface area is 219 Å². The number of likely N-dealkylation sites (N-methyl/N-ethyl adjacent to an activating group) is 1. The first-order valence-corrected chi connectivity index (χ1v) is 12.7. The third-order valence-electron chi connectivity index (χ3n) is 6.85. The molecule has 8 nitrogen and oxygen atoms in total. The molecule has 1 aliphatic rings. The standard InChI is InChI=1S/C29H38N4O4/c1-6-19(2)26-29(36)31-23(17-20-10-8-7-9-11-20)27(34)30-15-14-21-12-13-25(37-5)22(16-21)18-24(33(3)4)28(35)32-26/h7-16,19,23-24,26H,6,17-18H2,1-5H3,(H,30,34)(H,31,36)(H,32,35)/b15-14-. The molecule has 1 aliphatic heterocycles. The van der Waals surface area contributed by atoms with Crippen molar-refractivity contribution in [3.8, 4) is 5.75 Å². The van der Waals surface area contributed by atoms with Crippen molar-refractivity contribution in [3.05, 3.63) is 71.4 Å². The maximum atomic E-state index is 13.5. The Bertz CT molecular complexity index is 1120. The Morgan fingerprint density at radius 3 is 2.38 bits per heavy atom. The van der Waals surface area contributed by atoms with Crippen molar-refractivity contribution in [1.82, 2.24) is 20.9 Å². The van der Waals surface area contributed by atoms with Crippen LogP contribution in [-0.4, -0.2) is 62.0 Å². The maximum absolute atomic E-state index is 13.5. The normalized spacial score (nSPS) is 22.6. The molecule has 3 rings (SSSR count). The number of benzene rings is 2. The van der Waals surface area contributed by atoms with Gasteiger partial charge in [-0.1, -0.05) is 56.7 Å². The van der Waals surface area contributed by atoms with E-state index in [4.69, 9.17) is 4.74 Å². The van der Waals surface area contributed by atoms with E-state index in [-0.39, 0.29) is 23.6 Å². The van der Waals surface area contributed by atoms with E-state index >= 15 is 0 Å². The van der Waals surface area contributed by atoms with Crippen molar-refractivity contribution in [3.63, 3.8) is 0 Å². The largest absolute Gasteiger partial charge is 0.496 e. The van der Waals surface area contributed by atoms with E-state index in [1.54, 1.807) is 19.4 Å². The van der Waals surface area contributed by atoms with Gasteiger partial charge < -0.3 is 20.7 Å². The highest BCUT2D eigenvalue weighted by Gasteiger charge is 2.33. The highest BCUT2D eigenvalue weighted by molar-refractivity contribution is 5.94. The number of nitrogens with one attached hydrogen (secondary N) is 3. The minimum atomic E-state index is -0.816. The fourth-order valence-electron chi connectivity index (χ4n) is 4.37. The van der Waals surface area contributed by atoms with Crippen molar-refractivity contribution < 1.29 is 19.1 Å². The van der Waals surface area contributed by atoms with Crippen LogP contribution in [0.4, 0.5) is 0 Å². The minimum absolute atomic E-state index is 0.138. The van der Waals surface area contributed by atoms with Crippen LogP contribution in [0.15, 0.2) is 54.7 Å². The van der Waals surface area contributed by atoms with Gasteiger partial charge in [-0.3, -0.25) is 19.3 Å². The van der Waals surface area contributed by atoms with Gasteiger partial charge in [-0.25, -0.2) is 0 Å². The third-order valence-corrected chi connectivity index (χ3v) is 6.85. The first-order valence-electron chi connectivity index (χ1n) is 12.7. The molecule has 0 saturated heterocycles. The molecule has 0 saturated carbocycles. The van der Waals surface area contributed by atoms with Crippen LogP contribution >= 0.6 is 0 Å². The van der Waals surface area contributed by atoms with Crippen molar-refractivity contribution in [1.29, 1.82) is 0 Å². The van der Waals surface area contributed by atoms with E-state index in [2.05, 4.69) is 16.0 Å². The second-order valence-electron chi connectivity index (χ2n) is 9.72. The molecule has 2 aromatic rings. The van der Waals surface area contributed by atoms with Gasteiger partial charge in [-0.2, -0.15) is 0 Å². The number of rotatable bonds is 6. The van der Waals surface area contributed by atoms with E-state index in [1.807, 2.05) is 81.4 Å². The molecule has 0 spiro atoms. The van der Waals surface area contributed by atoms with Gasteiger partial charge in [0.05, 0.1) is 13.2 Å². The Morgan fingerprint density at radius 1 is 1.00 bits per heavy atom. The van der Waals surface area contributed by atoms with Gasteiger partial charge in [0, 0.05) is 19.0 Å². The second kappa shape index (κ2) is 13.1. The molecular weight excluding hydrogens is 468 g/mol. The number of hydrogen-bond acceptors (Lipinski definition) is 5. The topological polar surface area (TPSA) is 99.8 Å². The predicted molar refractivity (Wildman–Crippen MR) is 145 cm³/mol. The Kier molecular flexibility index (Phi) is 9.85. The summed E-state index contributed by atoms with van der Waals surface area (Å²) in [6.45, 7) is 3.89. The van der Waals surface area contributed by atoms with Crippen LogP contribution in [0.1, 0.15) is 37.0 Å². The SMILES string of the molecule is CCC(C)C1NC(=O)C(N(C)C)Cc2cc(ccc2OC)/C=C\NC(=O)C(Cc2ccccc2)NC1=O. The first kappa shape index (κ1) is 27.9. The average Bonchev–Trinajstić information content (AvgIpc) is 2.89. The van der Waals surface area contributed by atoms with E-state index in [0.29, 0.717) is 25.0 Å². The Morgan fingerprint density at radius 2 is 1.73 bits per heavy atom. The Balaban J connectivity index is 2.03. The van der Waals surface area contributed by atoms with Crippen molar-refractivity contribution >= 4 is 23.8 Å². The van der Waals surface area contributed by atoms with Crippen LogP contribution in [0, 0.1) is 5.92 Å². The van der Waals surface area contributed by atoms with Crippen molar-refractivity contribution in [2.75, 3.05) is 21.2 Å². The summed E-state index contributed by atoms with van der Waals surface area (Å²) in [5.41, 5.74) is 2.62. The summed E-state index contributed by atoms with van der Waals surface area (Å²) < 4.78 is 5.55. The molecule has 2 bridgehead atoms. The molecule has 0 fully saturated rings. The van der Waals surface area contributed by atoms with Gasteiger partial charge in [-0.15, -0.1) is 0 Å². The van der Waals surface area contributed by atoms with Crippen LogP contribution in [0.2, 0.25) is 0 Å². The summed E-state index contributed by atoms with van der Waals surface area (Å²) >= 11 is 0. The summed E-state index contributed by atoms with van der Waals surface area (Å²) in [7, 11) is 5.27. The number of fused-ring (bicyclic) bond motifs is 2. The molecule has 37 heavy (non-hydrogen) atoms. The first-order chi connectivity index (χ1) is 17.7. The summed E-state index contributed by atoms with van der Waals surface area (Å²) in [6.07, 6.45) is 4.76. The lowest BCUT2D eigenvalue weighted by Crippen LogP contribution is -2.58. The smallest absolute Gasteiger partial charge is 0.246 e. The van der Waals surface area contributed by atoms with Gasteiger partial charge >= 0.3 is 0 Å². The van der Waals surface area contributed by atoms with Gasteiger partial charge in [0.15, 0.2) is 0 Å². The zero-order valence-corrected chi connectivity index (χ0v) is 22.3. The zero-order valence-electron chi connectivity index (χ0n) is 22.3. The van der Waals surface area contributed by atoms with Crippen LogP contribution in [0.5, 0.6) is 5.75 Å². The summed E-state index contributed by atoms with van der Waals surface area (Å²) in [6, 6.07) is 13.1. The highest BCUT2D eigenvalue weighted by atomic mass is 16.5. The van der Waals surface area contributed by atoms with Crippen LogP contribution in [-0.2, 0) is 27.2 Å². The number of ether oxygens (including phenoxy) is 1. The second-order valence-corrected chi connectivity index (χ2v) is 9.72. The molecule has 3 amide bonds. The quantitative estimate of drug-likeness (QED) is 0.559. The van der Waals surface area contributed by atoms with E-state index in [9.17, 15) is 14.4 Å². The van der Waals surface area contributed by atoms with E-state index < -0.39 is 18.1 Å². The average molecular weight is 507 g/mol. The number of nitrogens with zero attached hydrogens (tertiary/aromatic N) is 1. The number of carbonyl (C=O) groups excluding carboxylic acids is 3. The fraction of sp³-hybridized carbons (Fsp3) is 0.414. The Hall–Kier alpha value is -3.65. The summed E-state index contributed by atoms with van der Waals surface area (Å²) in [4.78, 5) is 42.1. The molecule has 4 atom stereocenters. The summed E-state index contributed by atoms with van der Waals surface area (Å²) in [5, 5.41) is 8.70. The summed E-state index contributed by atoms with van der Waals surface area (Å²) in [5.74, 6) is -0.442. The highest BCUT2D eigenvalue weighted by Crippen LogP contribution is 2.23. The molecule has 198 valence electrons. The van der Waals surface area contributed by atoms with Crippen molar-refractivity contribution in [2.45, 2.75) is 51.2 Å². The van der Waals surface area contributed by atoms with E-state index in [0.717, 1.165) is 16.7 Å². The fourth-order valence-corrected chi connectivity index (χ4v) is 4.37. The lowest BCUT2D eigenvalue weighted by Gasteiger charge is -2.30. The van der Waals surface area contributed by atoms with Gasteiger partial charge in [0.1, 0.15) is 17.8 Å². The van der Waals surface area contributed by atoms with Gasteiger partial charge in [0.25, 0.3) is 0 Å². The molecule has 0 radical (unpaired) electrons. The number of methoxy groups -OCH3 is 1. The predicted octanol–water partition coefficient (Wildman–Crippen LogP) is 2.53. The maximum Gasteiger partial charge on any atom is 0.246 e. The van der Waals surface area contributed by atoms with Gasteiger partial charge in [-0.05, 0) is 54.9 Å². The van der Waals surface area contributed by atoms with Crippen LogP contribution < -0.4 is 20.7 Å². The molecule has 0 aromatic heterocycles. The lowest BCUT2D eigenvalue weighted by molar-refractivity contribution is -0.134. The lowest BCUT2D eigenvalue weighted by atomic mass is 9.95. The van der Waals surface area contributed by atoms with E-state index in [1.165, 1.54) is 0 Å². The van der Waals surface area contributed by atoms with Crippen molar-refractivity contribution in [2.24, 2.45) is 5.92 Å². The zero-order chi connectivity index (χ0) is 26.9. The molecule has 0 aliphatic carbocycles. The molecule has 8 heteroatoms. The molecule has 1 heterocycles. The third kappa shape index (κ3) is 7.43. The van der Waals surface area contributed by atoms with Crippen LogP contribution in [0.3, 0.4) is 0 Å². The number of amides is 3. The number of carbonyl (C=O) groups is 3.